The molecule has 0 aliphatic rings. The van der Waals surface area contributed by atoms with Crippen LogP contribution in [0.15, 0.2) is 0 Å². The van der Waals surface area contributed by atoms with Gasteiger partial charge in [0.05, 0.1) is 0 Å². The third kappa shape index (κ3) is 7.64. The molecule has 1 radical (unpaired) electrons. The highest BCUT2D eigenvalue weighted by atomic mass is 79.9. The molecule has 49 valence electrons. The third-order valence-electron chi connectivity index (χ3n) is 0.334. The first kappa shape index (κ1) is 9.64. The lowest BCUT2D eigenvalue weighted by atomic mass is 10.6. The summed E-state index contributed by atoms with van der Waals surface area (Å²) >= 11 is 24.3. The second-order valence-electron chi connectivity index (χ2n) is 1.13. The van der Waals surface area contributed by atoms with Crippen molar-refractivity contribution in [3.8, 4) is 0 Å². The molecule has 0 saturated carbocycles. The number of hydrogen-bond donors (Lipinski definition) is 0. The van der Waals surface area contributed by atoms with Crippen LogP contribution in [0.25, 0.3) is 0 Å². The van der Waals surface area contributed by atoms with Crippen LogP contribution in [0.1, 0.15) is 6.42 Å². The highest BCUT2D eigenvalue weighted by Gasteiger charge is 2.22. The Morgan fingerprint density at radius 1 is 1.38 bits per heavy atom. The van der Waals surface area contributed by atoms with Gasteiger partial charge in [-0.15, -0.1) is 11.6 Å². The molecule has 0 aromatic rings. The number of halogens is 5. The first-order valence-corrected chi connectivity index (χ1v) is 3.96. The number of hydrogen-bond acceptors (Lipinski definition) is 0. The first-order chi connectivity index (χ1) is 3.42. The fraction of sp³-hybridized carbons (Fsp3) is 0.667. The van der Waals surface area contributed by atoms with Crippen LogP contribution in [0, 0.1) is 4.29 Å². The van der Waals surface area contributed by atoms with Crippen LogP contribution in [-0.2, 0) is 0 Å². The SMILES string of the molecule is Cl[C](Br)CC(Cl)(Cl)Cl. The van der Waals surface area contributed by atoms with Crippen molar-refractivity contribution in [3.05, 3.63) is 4.29 Å². The lowest BCUT2D eigenvalue weighted by molar-refractivity contribution is 1.04. The zero-order valence-electron chi connectivity index (χ0n) is 3.60. The van der Waals surface area contributed by atoms with E-state index in [1.165, 1.54) is 0 Å². The van der Waals surface area contributed by atoms with Crippen LogP contribution in [0.5, 0.6) is 0 Å². The van der Waals surface area contributed by atoms with Crippen molar-refractivity contribution in [3.63, 3.8) is 0 Å². The summed E-state index contributed by atoms with van der Waals surface area (Å²) in [6, 6.07) is 0. The van der Waals surface area contributed by atoms with Crippen molar-refractivity contribution in [1.29, 1.82) is 0 Å². The van der Waals surface area contributed by atoms with Crippen molar-refractivity contribution >= 4 is 62.3 Å². The van der Waals surface area contributed by atoms with E-state index in [-0.39, 0.29) is 6.42 Å². The van der Waals surface area contributed by atoms with E-state index in [4.69, 9.17) is 46.4 Å². The van der Waals surface area contributed by atoms with Gasteiger partial charge in [0.1, 0.15) is 4.29 Å². The normalized spacial score (nSPS) is 12.8. The van der Waals surface area contributed by atoms with Crippen molar-refractivity contribution in [2.24, 2.45) is 0 Å². The molecular weight excluding hydrogens is 258 g/mol. The Bertz CT molecular complexity index is 66.2. The summed E-state index contributed by atoms with van der Waals surface area (Å²) in [7, 11) is 0. The van der Waals surface area contributed by atoms with E-state index in [0.717, 1.165) is 0 Å². The largest absolute Gasteiger partial charge is 0.193 e. The molecule has 0 aromatic carbocycles. The maximum atomic E-state index is 5.34. The van der Waals surface area contributed by atoms with Gasteiger partial charge in [0.15, 0.2) is 3.79 Å². The maximum absolute atomic E-state index is 5.34. The van der Waals surface area contributed by atoms with Crippen molar-refractivity contribution in [2.75, 3.05) is 0 Å². The molecule has 0 heterocycles. The Balaban J connectivity index is 3.39. The number of rotatable bonds is 1. The van der Waals surface area contributed by atoms with Crippen LogP contribution in [-0.4, -0.2) is 3.79 Å². The molecule has 0 spiro atoms. The van der Waals surface area contributed by atoms with Crippen LogP contribution in [0.2, 0.25) is 0 Å². The summed E-state index contributed by atoms with van der Waals surface area (Å²) in [6.07, 6.45) is 0.221. The molecule has 8 heavy (non-hydrogen) atoms. The van der Waals surface area contributed by atoms with E-state index in [0.29, 0.717) is 4.29 Å². The quantitative estimate of drug-likeness (QED) is 0.627. The van der Waals surface area contributed by atoms with Gasteiger partial charge in [0.2, 0.25) is 0 Å². The van der Waals surface area contributed by atoms with Crippen LogP contribution in [0.3, 0.4) is 0 Å². The molecule has 0 fully saturated rings. The molecule has 0 nitrogen and oxygen atoms in total. The Morgan fingerprint density at radius 3 is 1.75 bits per heavy atom. The summed E-state index contributed by atoms with van der Waals surface area (Å²) in [5.41, 5.74) is 0. The van der Waals surface area contributed by atoms with Crippen molar-refractivity contribution in [2.45, 2.75) is 10.2 Å². The molecular formula is C3H2BrCl4. The summed E-state index contributed by atoms with van der Waals surface area (Å²) < 4.78 is -0.863. The molecule has 0 bridgehead atoms. The zero-order valence-corrected chi connectivity index (χ0v) is 8.21. The van der Waals surface area contributed by atoms with E-state index in [1.54, 1.807) is 0 Å². The molecule has 0 rings (SSSR count). The second kappa shape index (κ2) is 3.72. The minimum absolute atomic E-state index is 0.221. The standard InChI is InChI=1S/C3H2BrCl4/c4-2(5)1-3(6,7)8/h1H2. The lowest BCUT2D eigenvalue weighted by Crippen LogP contribution is -2.01. The Labute approximate surface area is 76.5 Å². The van der Waals surface area contributed by atoms with Crippen molar-refractivity contribution in [1.82, 2.24) is 0 Å². The Morgan fingerprint density at radius 2 is 1.75 bits per heavy atom. The molecule has 0 amide bonds. The minimum atomic E-state index is -1.28. The molecule has 0 aliphatic heterocycles. The smallest absolute Gasteiger partial charge is 0.104 e. The second-order valence-corrected chi connectivity index (χ2v) is 5.52. The Hall–Kier alpha value is 1.64. The highest BCUT2D eigenvalue weighted by Crippen LogP contribution is 2.38. The first-order valence-electron chi connectivity index (χ1n) is 1.65. The van der Waals surface area contributed by atoms with Crippen molar-refractivity contribution < 1.29 is 0 Å². The van der Waals surface area contributed by atoms with Gasteiger partial charge in [-0.1, -0.05) is 50.7 Å². The van der Waals surface area contributed by atoms with Gasteiger partial charge in [0.25, 0.3) is 0 Å². The average Bonchev–Trinajstić information content (AvgIpc) is 1.21. The molecule has 5 heteroatoms. The number of alkyl halides is 3. The van der Waals surface area contributed by atoms with Gasteiger partial charge >= 0.3 is 0 Å². The van der Waals surface area contributed by atoms with Gasteiger partial charge in [0, 0.05) is 6.42 Å². The van der Waals surface area contributed by atoms with Crippen LogP contribution in [0.4, 0.5) is 0 Å². The maximum Gasteiger partial charge on any atom is 0.193 e. The van der Waals surface area contributed by atoms with E-state index >= 15 is 0 Å². The van der Waals surface area contributed by atoms with E-state index < -0.39 is 3.79 Å². The zero-order chi connectivity index (χ0) is 6.78. The summed E-state index contributed by atoms with van der Waals surface area (Å²) in [4.78, 5) is 0. The predicted molar refractivity (Wildman–Crippen MR) is 42.9 cm³/mol. The fourth-order valence-electron chi connectivity index (χ4n) is 0.152. The van der Waals surface area contributed by atoms with E-state index in [1.807, 2.05) is 0 Å². The molecule has 0 atom stereocenters. The van der Waals surface area contributed by atoms with Crippen LogP contribution < -0.4 is 0 Å². The van der Waals surface area contributed by atoms with E-state index in [2.05, 4.69) is 15.9 Å². The van der Waals surface area contributed by atoms with Gasteiger partial charge in [-0.2, -0.15) is 0 Å². The predicted octanol–water partition coefficient (Wildman–Crippen LogP) is 3.87. The lowest BCUT2D eigenvalue weighted by Gasteiger charge is -2.08. The van der Waals surface area contributed by atoms with Crippen LogP contribution >= 0.6 is 62.3 Å². The summed E-state index contributed by atoms with van der Waals surface area (Å²) in [6.45, 7) is 0. The van der Waals surface area contributed by atoms with Gasteiger partial charge in [-0.25, -0.2) is 0 Å². The molecule has 0 aromatic heterocycles. The van der Waals surface area contributed by atoms with E-state index in [9.17, 15) is 0 Å². The van der Waals surface area contributed by atoms with Gasteiger partial charge in [-0.3, -0.25) is 0 Å². The molecule has 0 aliphatic carbocycles. The summed E-state index contributed by atoms with van der Waals surface area (Å²) in [5, 5.41) is 0. The monoisotopic (exact) mass is 257 g/mol. The third-order valence-corrected chi connectivity index (χ3v) is 1.15. The van der Waals surface area contributed by atoms with Gasteiger partial charge < -0.3 is 0 Å². The Kier molecular flexibility index (Phi) is 4.49. The average molecular weight is 260 g/mol. The topological polar surface area (TPSA) is 0 Å². The molecule has 0 unspecified atom stereocenters. The molecule has 0 N–H and O–H groups in total. The summed E-state index contributed by atoms with van der Waals surface area (Å²) in [5.74, 6) is 0. The minimum Gasteiger partial charge on any atom is -0.104 e. The highest BCUT2D eigenvalue weighted by molar-refractivity contribution is 9.11. The molecule has 0 saturated heterocycles. The van der Waals surface area contributed by atoms with Gasteiger partial charge in [-0.05, 0) is 0 Å². The fourth-order valence-corrected chi connectivity index (χ4v) is 1.86.